The molecule has 23 heavy (non-hydrogen) atoms. The molecule has 4 rings (SSSR count). The van der Waals surface area contributed by atoms with E-state index in [1.165, 1.54) is 12.1 Å². The van der Waals surface area contributed by atoms with Gasteiger partial charge < -0.3 is 4.52 Å². The van der Waals surface area contributed by atoms with Crippen molar-refractivity contribution < 1.29 is 8.91 Å². The van der Waals surface area contributed by atoms with Gasteiger partial charge in [0.05, 0.1) is 5.52 Å². The molecule has 0 spiro atoms. The summed E-state index contributed by atoms with van der Waals surface area (Å²) in [4.78, 5) is 4.36. The first-order valence-electron chi connectivity index (χ1n) is 7.18. The maximum atomic E-state index is 13.0. The third kappa shape index (κ3) is 2.36. The summed E-state index contributed by atoms with van der Waals surface area (Å²) in [5.41, 5.74) is 3.19. The quantitative estimate of drug-likeness (QED) is 0.580. The van der Waals surface area contributed by atoms with E-state index >= 15 is 0 Å². The van der Waals surface area contributed by atoms with Gasteiger partial charge in [-0.3, -0.25) is 0 Å². The van der Waals surface area contributed by atoms with Crippen LogP contribution >= 0.6 is 0 Å². The maximum Gasteiger partial charge on any atom is 0.258 e. The standard InChI is InChI=1S/C16H12FN5O/c1-2-22-14-8-5-11(9-13(14)19-21-22)15-18-16(23-20-15)10-3-6-12(17)7-4-10/h3-9H,2H2,1H3. The molecule has 0 unspecified atom stereocenters. The Morgan fingerprint density at radius 1 is 1.09 bits per heavy atom. The van der Waals surface area contributed by atoms with Crippen molar-refractivity contribution in [1.29, 1.82) is 0 Å². The molecule has 0 N–H and O–H groups in total. The molecule has 6 nitrogen and oxygen atoms in total. The predicted molar refractivity (Wildman–Crippen MR) is 81.9 cm³/mol. The van der Waals surface area contributed by atoms with Crippen molar-refractivity contribution in [3.8, 4) is 22.8 Å². The molecule has 7 heteroatoms. The minimum atomic E-state index is -0.307. The molecule has 0 bridgehead atoms. The smallest absolute Gasteiger partial charge is 0.258 e. The fourth-order valence-corrected chi connectivity index (χ4v) is 2.40. The van der Waals surface area contributed by atoms with Crippen LogP contribution in [0, 0.1) is 5.82 Å². The minimum Gasteiger partial charge on any atom is -0.334 e. The van der Waals surface area contributed by atoms with Crippen LogP contribution in [0.2, 0.25) is 0 Å². The Balaban J connectivity index is 1.72. The monoisotopic (exact) mass is 309 g/mol. The van der Waals surface area contributed by atoms with Crippen molar-refractivity contribution in [2.45, 2.75) is 13.5 Å². The highest BCUT2D eigenvalue weighted by Crippen LogP contribution is 2.24. The fourth-order valence-electron chi connectivity index (χ4n) is 2.40. The highest BCUT2D eigenvalue weighted by Gasteiger charge is 2.12. The summed E-state index contributed by atoms with van der Waals surface area (Å²) in [5.74, 6) is 0.493. The predicted octanol–water partition coefficient (Wildman–Crippen LogP) is 3.31. The van der Waals surface area contributed by atoms with E-state index in [-0.39, 0.29) is 5.82 Å². The second kappa shape index (κ2) is 5.28. The van der Waals surface area contributed by atoms with Crippen molar-refractivity contribution >= 4 is 11.0 Å². The molecule has 0 saturated carbocycles. The molecule has 0 fully saturated rings. The zero-order chi connectivity index (χ0) is 15.8. The van der Waals surface area contributed by atoms with Crippen LogP contribution in [0.4, 0.5) is 4.39 Å². The summed E-state index contributed by atoms with van der Waals surface area (Å²) in [6, 6.07) is 11.6. The zero-order valence-corrected chi connectivity index (χ0v) is 12.3. The first-order valence-corrected chi connectivity index (χ1v) is 7.18. The van der Waals surface area contributed by atoms with E-state index in [4.69, 9.17) is 4.52 Å². The molecule has 114 valence electrons. The van der Waals surface area contributed by atoms with Crippen LogP contribution in [0.1, 0.15) is 6.92 Å². The van der Waals surface area contributed by atoms with Crippen molar-refractivity contribution in [1.82, 2.24) is 25.1 Å². The molecule has 2 aromatic heterocycles. The summed E-state index contributed by atoms with van der Waals surface area (Å²) in [7, 11) is 0. The Hall–Kier alpha value is -3.09. The van der Waals surface area contributed by atoms with E-state index in [2.05, 4.69) is 20.5 Å². The number of rotatable bonds is 3. The van der Waals surface area contributed by atoms with Gasteiger partial charge in [-0.05, 0) is 49.4 Å². The molecular formula is C16H12FN5O. The average Bonchev–Trinajstić information content (AvgIpc) is 3.21. The van der Waals surface area contributed by atoms with Gasteiger partial charge in [-0.2, -0.15) is 4.98 Å². The SMILES string of the molecule is CCn1nnc2cc(-c3noc(-c4ccc(F)cc4)n3)ccc21. The second-order valence-corrected chi connectivity index (χ2v) is 5.04. The fraction of sp³-hybridized carbons (Fsp3) is 0.125. The number of fused-ring (bicyclic) bond motifs is 1. The van der Waals surface area contributed by atoms with Gasteiger partial charge >= 0.3 is 0 Å². The average molecular weight is 309 g/mol. The van der Waals surface area contributed by atoms with Crippen LogP contribution in [0.3, 0.4) is 0 Å². The summed E-state index contributed by atoms with van der Waals surface area (Å²) in [5, 5.41) is 12.2. The lowest BCUT2D eigenvalue weighted by Gasteiger charge is -1.97. The Kier molecular flexibility index (Phi) is 3.11. The lowest BCUT2D eigenvalue weighted by molar-refractivity contribution is 0.432. The molecule has 2 aromatic carbocycles. The van der Waals surface area contributed by atoms with Crippen molar-refractivity contribution in [2.75, 3.05) is 0 Å². The summed E-state index contributed by atoms with van der Waals surface area (Å²) in [6.45, 7) is 2.77. The number of halogens is 1. The first-order chi connectivity index (χ1) is 11.2. The summed E-state index contributed by atoms with van der Waals surface area (Å²) < 4.78 is 20.0. The van der Waals surface area contributed by atoms with Gasteiger partial charge in [0.25, 0.3) is 5.89 Å². The molecule has 0 saturated heterocycles. The third-order valence-corrected chi connectivity index (χ3v) is 3.59. The molecular weight excluding hydrogens is 297 g/mol. The lowest BCUT2D eigenvalue weighted by atomic mass is 10.2. The normalized spacial score (nSPS) is 11.2. The van der Waals surface area contributed by atoms with E-state index in [1.54, 1.807) is 12.1 Å². The Morgan fingerprint density at radius 3 is 2.65 bits per heavy atom. The van der Waals surface area contributed by atoms with E-state index in [1.807, 2.05) is 29.8 Å². The zero-order valence-electron chi connectivity index (χ0n) is 12.3. The van der Waals surface area contributed by atoms with E-state index in [0.717, 1.165) is 23.1 Å². The number of benzene rings is 2. The van der Waals surface area contributed by atoms with Crippen LogP contribution in [0.5, 0.6) is 0 Å². The largest absolute Gasteiger partial charge is 0.334 e. The van der Waals surface area contributed by atoms with Crippen LogP contribution < -0.4 is 0 Å². The van der Waals surface area contributed by atoms with Crippen LogP contribution in [0.25, 0.3) is 33.9 Å². The third-order valence-electron chi connectivity index (χ3n) is 3.59. The summed E-state index contributed by atoms with van der Waals surface area (Å²) in [6.07, 6.45) is 0. The Morgan fingerprint density at radius 2 is 1.87 bits per heavy atom. The molecule has 0 aliphatic rings. The molecule has 0 aliphatic heterocycles. The Labute approximate surface area is 130 Å². The van der Waals surface area contributed by atoms with Crippen molar-refractivity contribution in [3.63, 3.8) is 0 Å². The first kappa shape index (κ1) is 13.6. The molecule has 0 radical (unpaired) electrons. The molecule has 0 aliphatic carbocycles. The van der Waals surface area contributed by atoms with Gasteiger partial charge in [0.15, 0.2) is 0 Å². The molecule has 4 aromatic rings. The van der Waals surface area contributed by atoms with E-state index in [0.29, 0.717) is 17.3 Å². The number of aryl methyl sites for hydroxylation is 1. The summed E-state index contributed by atoms with van der Waals surface area (Å²) >= 11 is 0. The topological polar surface area (TPSA) is 69.6 Å². The van der Waals surface area contributed by atoms with Gasteiger partial charge in [-0.15, -0.1) is 5.10 Å². The van der Waals surface area contributed by atoms with E-state index < -0.39 is 0 Å². The number of hydrogen-bond donors (Lipinski definition) is 0. The van der Waals surface area contributed by atoms with Crippen molar-refractivity contribution in [2.24, 2.45) is 0 Å². The number of aromatic nitrogens is 5. The van der Waals surface area contributed by atoms with Crippen LogP contribution in [0.15, 0.2) is 47.0 Å². The molecule has 0 atom stereocenters. The van der Waals surface area contributed by atoms with Crippen LogP contribution in [-0.4, -0.2) is 25.1 Å². The van der Waals surface area contributed by atoms with Gasteiger partial charge in [0.2, 0.25) is 5.82 Å². The lowest BCUT2D eigenvalue weighted by Crippen LogP contribution is -1.95. The molecule has 0 amide bonds. The highest BCUT2D eigenvalue weighted by molar-refractivity contribution is 5.80. The van der Waals surface area contributed by atoms with Gasteiger partial charge in [-0.1, -0.05) is 10.4 Å². The second-order valence-electron chi connectivity index (χ2n) is 5.04. The minimum absolute atomic E-state index is 0.307. The van der Waals surface area contributed by atoms with Gasteiger partial charge in [0.1, 0.15) is 11.3 Å². The number of hydrogen-bond acceptors (Lipinski definition) is 5. The van der Waals surface area contributed by atoms with E-state index in [9.17, 15) is 4.39 Å². The maximum absolute atomic E-state index is 13.0. The van der Waals surface area contributed by atoms with Crippen LogP contribution in [-0.2, 0) is 6.54 Å². The molecule has 2 heterocycles. The number of nitrogens with zero attached hydrogens (tertiary/aromatic N) is 5. The van der Waals surface area contributed by atoms with Gasteiger partial charge in [0, 0.05) is 17.7 Å². The van der Waals surface area contributed by atoms with Crippen molar-refractivity contribution in [3.05, 3.63) is 48.3 Å². The Bertz CT molecular complexity index is 974. The highest BCUT2D eigenvalue weighted by atomic mass is 19.1. The van der Waals surface area contributed by atoms with Gasteiger partial charge in [-0.25, -0.2) is 9.07 Å².